The molecule has 0 aliphatic carbocycles. The van der Waals surface area contributed by atoms with Gasteiger partial charge in [0.15, 0.2) is 0 Å². The monoisotopic (exact) mass is 169 g/mol. The second kappa shape index (κ2) is 3.17. The van der Waals surface area contributed by atoms with Crippen LogP contribution in [0.5, 0.6) is 0 Å². The van der Waals surface area contributed by atoms with E-state index in [0.29, 0.717) is 0 Å². The third-order valence-electron chi connectivity index (χ3n) is 1.14. The van der Waals surface area contributed by atoms with Gasteiger partial charge in [-0.2, -0.15) is 10.4 Å². The van der Waals surface area contributed by atoms with Crippen molar-refractivity contribution < 1.29 is 4.79 Å². The average Bonchev–Trinajstić information content (AvgIpc) is 2.36. The first-order chi connectivity index (χ1) is 5.25. The minimum absolute atomic E-state index is 0.0425. The Kier molecular flexibility index (Phi) is 2.24. The lowest BCUT2D eigenvalue weighted by Gasteiger charge is -1.95. The molecule has 11 heavy (non-hydrogen) atoms. The van der Waals surface area contributed by atoms with Crippen LogP contribution in [0.4, 0.5) is 0 Å². The van der Waals surface area contributed by atoms with Crippen LogP contribution < -0.4 is 0 Å². The van der Waals surface area contributed by atoms with Crippen LogP contribution in [0.25, 0.3) is 0 Å². The summed E-state index contributed by atoms with van der Waals surface area (Å²) in [5.74, 6) is 0. The van der Waals surface area contributed by atoms with Crippen LogP contribution in [0.1, 0.15) is 10.5 Å². The predicted molar refractivity (Wildman–Crippen MR) is 38.0 cm³/mol. The molecule has 5 heteroatoms. The van der Waals surface area contributed by atoms with Crippen molar-refractivity contribution in [3.05, 3.63) is 18.0 Å². The molecule has 1 aromatic heterocycles. The lowest BCUT2D eigenvalue weighted by atomic mass is 10.5. The number of halogens is 1. The first kappa shape index (κ1) is 7.76. The average molecular weight is 170 g/mol. The van der Waals surface area contributed by atoms with Gasteiger partial charge in [0, 0.05) is 6.20 Å². The van der Waals surface area contributed by atoms with Crippen LogP contribution in [-0.4, -0.2) is 15.0 Å². The summed E-state index contributed by atoms with van der Waals surface area (Å²) in [7, 11) is 0. The van der Waals surface area contributed by atoms with E-state index in [1.807, 2.05) is 6.07 Å². The summed E-state index contributed by atoms with van der Waals surface area (Å²) in [5, 5.41) is 11.4. The Hall–Kier alpha value is -1.34. The fourth-order valence-electron chi connectivity index (χ4n) is 0.693. The van der Waals surface area contributed by atoms with E-state index in [0.717, 1.165) is 0 Å². The summed E-state index contributed by atoms with van der Waals surface area (Å²) in [6.07, 6.45) is 1.42. The van der Waals surface area contributed by atoms with E-state index < -0.39 is 5.24 Å². The number of nitrogens with zero attached hydrogens (tertiary/aromatic N) is 3. The Morgan fingerprint density at radius 3 is 3.18 bits per heavy atom. The predicted octanol–water partition coefficient (Wildman–Crippen LogP) is 0.786. The highest BCUT2D eigenvalue weighted by molar-refractivity contribution is 6.67. The van der Waals surface area contributed by atoms with Gasteiger partial charge in [0.2, 0.25) is 0 Å². The molecule has 1 aromatic rings. The highest BCUT2D eigenvalue weighted by atomic mass is 35.5. The van der Waals surface area contributed by atoms with E-state index in [4.69, 9.17) is 16.9 Å². The summed E-state index contributed by atoms with van der Waals surface area (Å²) >= 11 is 5.18. The molecule has 0 radical (unpaired) electrons. The van der Waals surface area contributed by atoms with E-state index in [1.54, 1.807) is 0 Å². The molecule has 0 amide bonds. The van der Waals surface area contributed by atoms with Crippen molar-refractivity contribution in [1.29, 1.82) is 5.26 Å². The minimum atomic E-state index is -0.599. The Bertz CT molecular complexity index is 312. The van der Waals surface area contributed by atoms with Gasteiger partial charge in [0.05, 0.1) is 6.07 Å². The molecule has 0 saturated carbocycles. The van der Waals surface area contributed by atoms with Crippen LogP contribution in [0.15, 0.2) is 12.3 Å². The molecule has 0 fully saturated rings. The van der Waals surface area contributed by atoms with Crippen LogP contribution in [0.3, 0.4) is 0 Å². The van der Waals surface area contributed by atoms with Crippen molar-refractivity contribution in [3.63, 3.8) is 0 Å². The smallest absolute Gasteiger partial charge is 0.270 e. The molecule has 1 heterocycles. The summed E-state index contributed by atoms with van der Waals surface area (Å²) in [4.78, 5) is 10.6. The molecule has 0 unspecified atom stereocenters. The SMILES string of the molecule is N#CCn1nccc1C(=O)Cl. The van der Waals surface area contributed by atoms with E-state index >= 15 is 0 Å². The van der Waals surface area contributed by atoms with E-state index in [2.05, 4.69) is 5.10 Å². The highest BCUT2D eigenvalue weighted by Gasteiger charge is 2.07. The highest BCUT2D eigenvalue weighted by Crippen LogP contribution is 2.01. The van der Waals surface area contributed by atoms with Gasteiger partial charge in [-0.1, -0.05) is 0 Å². The van der Waals surface area contributed by atoms with Crippen molar-refractivity contribution in [1.82, 2.24) is 9.78 Å². The topological polar surface area (TPSA) is 58.7 Å². The summed E-state index contributed by atoms with van der Waals surface area (Å²) < 4.78 is 1.25. The minimum Gasteiger partial charge on any atom is -0.274 e. The molecule has 0 bridgehead atoms. The van der Waals surface area contributed by atoms with Gasteiger partial charge in [-0.05, 0) is 17.7 Å². The molecule has 0 aliphatic heterocycles. The largest absolute Gasteiger partial charge is 0.274 e. The molecule has 0 saturated heterocycles. The van der Waals surface area contributed by atoms with Gasteiger partial charge >= 0.3 is 0 Å². The van der Waals surface area contributed by atoms with Crippen LogP contribution in [0.2, 0.25) is 0 Å². The van der Waals surface area contributed by atoms with Gasteiger partial charge in [-0.15, -0.1) is 0 Å². The molecule has 0 aliphatic rings. The Balaban J connectivity index is 2.98. The van der Waals surface area contributed by atoms with Crippen LogP contribution >= 0.6 is 11.6 Å². The second-order valence-electron chi connectivity index (χ2n) is 1.81. The fraction of sp³-hybridized carbons (Fsp3) is 0.167. The van der Waals surface area contributed by atoms with Gasteiger partial charge < -0.3 is 0 Å². The zero-order valence-corrected chi connectivity index (χ0v) is 6.25. The summed E-state index contributed by atoms with van der Waals surface area (Å²) in [5.41, 5.74) is 0.244. The van der Waals surface area contributed by atoms with E-state index in [1.165, 1.54) is 16.9 Å². The molecule has 0 N–H and O–H groups in total. The Labute approximate surface area is 68.0 Å². The molecule has 0 aromatic carbocycles. The van der Waals surface area contributed by atoms with E-state index in [9.17, 15) is 4.79 Å². The number of hydrogen-bond acceptors (Lipinski definition) is 3. The maximum Gasteiger partial charge on any atom is 0.270 e. The van der Waals surface area contributed by atoms with Crippen LogP contribution in [0, 0.1) is 11.3 Å². The number of nitriles is 1. The van der Waals surface area contributed by atoms with E-state index in [-0.39, 0.29) is 12.2 Å². The second-order valence-corrected chi connectivity index (χ2v) is 2.15. The van der Waals surface area contributed by atoms with Crippen molar-refractivity contribution in [2.75, 3.05) is 0 Å². The zero-order valence-electron chi connectivity index (χ0n) is 5.49. The molecular weight excluding hydrogens is 166 g/mol. The van der Waals surface area contributed by atoms with Gasteiger partial charge in [-0.25, -0.2) is 4.68 Å². The molecule has 0 spiro atoms. The molecule has 0 atom stereocenters. The first-order valence-corrected chi connectivity index (χ1v) is 3.22. The number of rotatable bonds is 2. The third-order valence-corrected chi connectivity index (χ3v) is 1.33. The lowest BCUT2D eigenvalue weighted by molar-refractivity contribution is 0.107. The quantitative estimate of drug-likeness (QED) is 0.615. The molecule has 56 valence electrons. The number of hydrogen-bond donors (Lipinski definition) is 0. The van der Waals surface area contributed by atoms with Crippen molar-refractivity contribution in [2.24, 2.45) is 0 Å². The normalized spacial score (nSPS) is 9.09. The van der Waals surface area contributed by atoms with Crippen molar-refractivity contribution in [3.8, 4) is 6.07 Å². The number of carbonyl (C=O) groups excluding carboxylic acids is 1. The summed E-state index contributed by atoms with van der Waals surface area (Å²) in [6, 6.07) is 3.32. The van der Waals surface area contributed by atoms with Gasteiger partial charge in [-0.3, -0.25) is 4.79 Å². The van der Waals surface area contributed by atoms with Gasteiger partial charge in [0.25, 0.3) is 5.24 Å². The van der Waals surface area contributed by atoms with Crippen molar-refractivity contribution in [2.45, 2.75) is 6.54 Å². The number of carbonyl (C=O) groups is 1. The summed E-state index contributed by atoms with van der Waals surface area (Å²) in [6.45, 7) is 0.0425. The van der Waals surface area contributed by atoms with Crippen LogP contribution in [-0.2, 0) is 6.54 Å². The molecular formula is C6H4ClN3O. The zero-order chi connectivity index (χ0) is 8.27. The number of aromatic nitrogens is 2. The maximum atomic E-state index is 10.6. The fourth-order valence-corrected chi connectivity index (χ4v) is 0.853. The molecule has 4 nitrogen and oxygen atoms in total. The molecule has 1 rings (SSSR count). The third kappa shape index (κ3) is 1.57. The first-order valence-electron chi connectivity index (χ1n) is 2.84. The Morgan fingerprint density at radius 2 is 2.64 bits per heavy atom. The lowest BCUT2D eigenvalue weighted by Crippen LogP contribution is -2.05. The van der Waals surface area contributed by atoms with Crippen molar-refractivity contribution >= 4 is 16.8 Å². The van der Waals surface area contributed by atoms with Gasteiger partial charge in [0.1, 0.15) is 12.2 Å². The maximum absolute atomic E-state index is 10.6. The standard InChI is InChI=1S/C6H4ClN3O/c7-6(11)5-1-3-9-10(5)4-2-8/h1,3H,4H2. The Morgan fingerprint density at radius 1 is 1.91 bits per heavy atom.